The normalized spacial score (nSPS) is 14.3. The second kappa shape index (κ2) is 7.19. The molecule has 1 aliphatic carbocycles. The highest BCUT2D eigenvalue weighted by atomic mass is 19.3. The summed E-state index contributed by atoms with van der Waals surface area (Å²) in [6, 6.07) is 6.21. The fourth-order valence-corrected chi connectivity index (χ4v) is 1.76. The summed E-state index contributed by atoms with van der Waals surface area (Å²) < 4.78 is 28.2. The molecule has 0 spiro atoms. The highest BCUT2D eigenvalue weighted by molar-refractivity contribution is 5.77. The molecule has 1 amide bonds. The lowest BCUT2D eigenvalue weighted by atomic mass is 10.2. The quantitative estimate of drug-likeness (QED) is 0.766. The summed E-state index contributed by atoms with van der Waals surface area (Å²) in [6.07, 6.45) is 2.50. The zero-order chi connectivity index (χ0) is 14.4. The molecule has 0 aromatic heterocycles. The molecule has 0 aliphatic heterocycles. The lowest BCUT2D eigenvalue weighted by Crippen LogP contribution is -2.34. The topological polar surface area (TPSA) is 50.4 Å². The van der Waals surface area contributed by atoms with E-state index < -0.39 is 6.61 Å². The van der Waals surface area contributed by atoms with Gasteiger partial charge in [-0.05, 0) is 43.0 Å². The Bertz CT molecular complexity index is 433. The maximum atomic E-state index is 12.0. The van der Waals surface area contributed by atoms with Crippen molar-refractivity contribution in [3.63, 3.8) is 0 Å². The first kappa shape index (κ1) is 14.7. The van der Waals surface area contributed by atoms with Gasteiger partial charge in [-0.1, -0.05) is 12.1 Å². The molecule has 6 heteroatoms. The predicted octanol–water partition coefficient (Wildman–Crippen LogP) is 1.90. The molecule has 0 unspecified atom stereocenters. The van der Waals surface area contributed by atoms with E-state index in [0.717, 1.165) is 18.0 Å². The van der Waals surface area contributed by atoms with Crippen LogP contribution in [0.25, 0.3) is 0 Å². The summed E-state index contributed by atoms with van der Waals surface area (Å²) in [5, 5.41) is 5.86. The average molecular weight is 284 g/mol. The van der Waals surface area contributed by atoms with Gasteiger partial charge in [-0.25, -0.2) is 0 Å². The summed E-state index contributed by atoms with van der Waals surface area (Å²) in [4.78, 5) is 11.5. The third-order valence-electron chi connectivity index (χ3n) is 3.05. The summed E-state index contributed by atoms with van der Waals surface area (Å²) in [5.74, 6) is 0.782. The third-order valence-corrected chi connectivity index (χ3v) is 3.05. The Kier molecular flexibility index (Phi) is 5.29. The second-order valence-corrected chi connectivity index (χ2v) is 4.87. The highest BCUT2D eigenvalue weighted by Gasteiger charge is 2.20. The van der Waals surface area contributed by atoms with Gasteiger partial charge < -0.3 is 15.4 Å². The number of rotatable bonds is 8. The zero-order valence-electron chi connectivity index (χ0n) is 11.1. The van der Waals surface area contributed by atoms with Gasteiger partial charge in [-0.15, -0.1) is 0 Å². The number of carbonyl (C=O) groups excluding carboxylic acids is 1. The van der Waals surface area contributed by atoms with E-state index in [-0.39, 0.29) is 11.7 Å². The SMILES string of the molecule is O=C(CNCC1CC1)NCc1ccc(OC(F)F)cc1. The van der Waals surface area contributed by atoms with Crippen molar-refractivity contribution in [1.29, 1.82) is 0 Å². The van der Waals surface area contributed by atoms with E-state index in [2.05, 4.69) is 15.4 Å². The highest BCUT2D eigenvalue weighted by Crippen LogP contribution is 2.27. The van der Waals surface area contributed by atoms with Gasteiger partial charge in [0.2, 0.25) is 5.91 Å². The Morgan fingerprint density at radius 1 is 1.30 bits per heavy atom. The Labute approximate surface area is 116 Å². The number of ether oxygens (including phenoxy) is 1. The van der Waals surface area contributed by atoms with Gasteiger partial charge in [0.1, 0.15) is 5.75 Å². The smallest absolute Gasteiger partial charge is 0.387 e. The standard InChI is InChI=1S/C14H18F2N2O2/c15-14(16)20-12-5-3-11(4-6-12)8-18-13(19)9-17-7-10-1-2-10/h3-6,10,14,17H,1-2,7-9H2,(H,18,19). The van der Waals surface area contributed by atoms with Crippen molar-refractivity contribution in [2.45, 2.75) is 26.0 Å². The molecule has 0 saturated heterocycles. The van der Waals surface area contributed by atoms with Crippen LogP contribution in [0.3, 0.4) is 0 Å². The maximum absolute atomic E-state index is 12.0. The second-order valence-electron chi connectivity index (χ2n) is 4.87. The zero-order valence-corrected chi connectivity index (χ0v) is 11.1. The van der Waals surface area contributed by atoms with E-state index in [1.807, 2.05) is 0 Å². The van der Waals surface area contributed by atoms with E-state index in [1.54, 1.807) is 12.1 Å². The van der Waals surface area contributed by atoms with E-state index >= 15 is 0 Å². The van der Waals surface area contributed by atoms with Gasteiger partial charge in [-0.3, -0.25) is 4.79 Å². The minimum absolute atomic E-state index is 0.0708. The van der Waals surface area contributed by atoms with Crippen LogP contribution in [0.15, 0.2) is 24.3 Å². The Morgan fingerprint density at radius 3 is 2.60 bits per heavy atom. The first-order chi connectivity index (χ1) is 9.63. The Hall–Kier alpha value is -1.69. The molecule has 1 aliphatic rings. The van der Waals surface area contributed by atoms with Gasteiger partial charge in [0.05, 0.1) is 6.54 Å². The number of nitrogens with one attached hydrogen (secondary N) is 2. The van der Waals surface area contributed by atoms with Crippen LogP contribution in [-0.2, 0) is 11.3 Å². The van der Waals surface area contributed by atoms with Crippen molar-refractivity contribution >= 4 is 5.91 Å². The van der Waals surface area contributed by atoms with Crippen LogP contribution in [-0.4, -0.2) is 25.6 Å². The first-order valence-corrected chi connectivity index (χ1v) is 6.64. The summed E-state index contributed by atoms with van der Waals surface area (Å²) in [7, 11) is 0. The molecule has 1 fully saturated rings. The van der Waals surface area contributed by atoms with Crippen molar-refractivity contribution in [3.8, 4) is 5.75 Å². The van der Waals surface area contributed by atoms with Gasteiger partial charge in [0.25, 0.3) is 0 Å². The van der Waals surface area contributed by atoms with Gasteiger partial charge in [0, 0.05) is 6.54 Å². The number of hydrogen-bond donors (Lipinski definition) is 2. The molecule has 0 radical (unpaired) electrons. The summed E-state index contributed by atoms with van der Waals surface area (Å²) >= 11 is 0. The monoisotopic (exact) mass is 284 g/mol. The number of amides is 1. The molecule has 110 valence electrons. The maximum Gasteiger partial charge on any atom is 0.387 e. The molecule has 20 heavy (non-hydrogen) atoms. The van der Waals surface area contributed by atoms with Crippen LogP contribution >= 0.6 is 0 Å². The molecule has 0 atom stereocenters. The van der Waals surface area contributed by atoms with Crippen LogP contribution in [0.5, 0.6) is 5.75 Å². The Balaban J connectivity index is 1.65. The molecule has 1 aromatic rings. The molecule has 0 heterocycles. The van der Waals surface area contributed by atoms with Crippen molar-refractivity contribution in [2.75, 3.05) is 13.1 Å². The number of halogens is 2. The fourth-order valence-electron chi connectivity index (χ4n) is 1.76. The van der Waals surface area contributed by atoms with Gasteiger partial charge >= 0.3 is 6.61 Å². The molecule has 2 rings (SSSR count). The van der Waals surface area contributed by atoms with Crippen LogP contribution < -0.4 is 15.4 Å². The van der Waals surface area contributed by atoms with Crippen molar-refractivity contribution in [1.82, 2.24) is 10.6 Å². The van der Waals surface area contributed by atoms with Crippen LogP contribution in [0.1, 0.15) is 18.4 Å². The average Bonchev–Trinajstić information content (AvgIpc) is 3.21. The lowest BCUT2D eigenvalue weighted by Gasteiger charge is -2.08. The molecule has 1 aromatic carbocycles. The van der Waals surface area contributed by atoms with Crippen molar-refractivity contribution in [3.05, 3.63) is 29.8 Å². The Morgan fingerprint density at radius 2 is 2.00 bits per heavy atom. The number of alkyl halides is 2. The van der Waals surface area contributed by atoms with Gasteiger partial charge in [-0.2, -0.15) is 8.78 Å². The van der Waals surface area contributed by atoms with E-state index in [4.69, 9.17) is 0 Å². The minimum atomic E-state index is -2.82. The van der Waals surface area contributed by atoms with Crippen LogP contribution in [0.2, 0.25) is 0 Å². The molecule has 0 bridgehead atoms. The minimum Gasteiger partial charge on any atom is -0.435 e. The van der Waals surface area contributed by atoms with E-state index in [0.29, 0.717) is 13.1 Å². The number of hydrogen-bond acceptors (Lipinski definition) is 3. The van der Waals surface area contributed by atoms with Crippen molar-refractivity contribution < 1.29 is 18.3 Å². The van der Waals surface area contributed by atoms with Crippen LogP contribution in [0, 0.1) is 5.92 Å². The van der Waals surface area contributed by atoms with Crippen LogP contribution in [0.4, 0.5) is 8.78 Å². The predicted molar refractivity (Wildman–Crippen MR) is 70.5 cm³/mol. The molecular formula is C14H18F2N2O2. The number of carbonyl (C=O) groups is 1. The summed E-state index contributed by atoms with van der Waals surface area (Å²) in [5.41, 5.74) is 0.835. The number of benzene rings is 1. The molecule has 1 saturated carbocycles. The third kappa shape index (κ3) is 5.52. The molecule has 2 N–H and O–H groups in total. The van der Waals surface area contributed by atoms with E-state index in [9.17, 15) is 13.6 Å². The fraction of sp³-hybridized carbons (Fsp3) is 0.500. The van der Waals surface area contributed by atoms with E-state index in [1.165, 1.54) is 25.0 Å². The lowest BCUT2D eigenvalue weighted by molar-refractivity contribution is -0.120. The molecule has 4 nitrogen and oxygen atoms in total. The van der Waals surface area contributed by atoms with Crippen molar-refractivity contribution in [2.24, 2.45) is 5.92 Å². The first-order valence-electron chi connectivity index (χ1n) is 6.64. The van der Waals surface area contributed by atoms with Gasteiger partial charge in [0.15, 0.2) is 0 Å². The summed E-state index contributed by atoms with van der Waals surface area (Å²) in [6.45, 7) is -1.24. The molecular weight excluding hydrogens is 266 g/mol. The largest absolute Gasteiger partial charge is 0.435 e.